The first kappa shape index (κ1) is 27.1. The number of carbonyl (C=O) groups is 1. The zero-order valence-electron chi connectivity index (χ0n) is 19.1. The summed E-state index contributed by atoms with van der Waals surface area (Å²) in [6.07, 6.45) is 0. The maximum Gasteiger partial charge on any atom is 1.00 e. The van der Waals surface area contributed by atoms with Crippen LogP contribution in [0, 0.1) is 0 Å². The van der Waals surface area contributed by atoms with Crippen LogP contribution in [0.2, 0.25) is 0 Å². The van der Waals surface area contributed by atoms with E-state index in [1.54, 1.807) is 5.38 Å². The Kier molecular flexibility index (Phi) is 10.1. The number of benzene rings is 3. The summed E-state index contributed by atoms with van der Waals surface area (Å²) in [5, 5.41) is 21.7. The molecule has 0 amide bonds. The van der Waals surface area contributed by atoms with Crippen molar-refractivity contribution in [1.29, 1.82) is 0 Å². The quantitative estimate of drug-likeness (QED) is 0.0795. The van der Waals surface area contributed by atoms with Crippen molar-refractivity contribution in [2.45, 2.75) is 5.54 Å². The van der Waals surface area contributed by atoms with Gasteiger partial charge in [-0.15, -0.1) is 11.3 Å². The Morgan fingerprint density at radius 1 is 0.943 bits per heavy atom. The van der Waals surface area contributed by atoms with E-state index in [1.165, 1.54) is 11.3 Å². The third kappa shape index (κ3) is 6.20. The summed E-state index contributed by atoms with van der Waals surface area (Å²) < 4.78 is 0. The van der Waals surface area contributed by atoms with Gasteiger partial charge in [-0.1, -0.05) is 112 Å². The van der Waals surface area contributed by atoms with Crippen LogP contribution in [-0.2, 0) is 15.2 Å². The largest absolute Gasteiger partial charge is 1.00 e. The molecule has 1 N–H and O–H groups in total. The summed E-state index contributed by atoms with van der Waals surface area (Å²) >= 11 is 4.50. The molecule has 4 aromatic rings. The van der Waals surface area contributed by atoms with Gasteiger partial charge in [-0.25, -0.2) is 4.98 Å². The van der Waals surface area contributed by atoms with Crippen LogP contribution < -0.4 is 40.0 Å². The number of carbonyl (C=O) groups excluding carboxylic acids is 1. The van der Waals surface area contributed by atoms with Crippen LogP contribution in [0.4, 0.5) is 5.13 Å². The zero-order chi connectivity index (χ0) is 23.8. The molecule has 0 spiro atoms. The molecule has 4 rings (SSSR count). The Balaban J connectivity index is 0.00000342. The first-order valence-corrected chi connectivity index (χ1v) is 12.5. The third-order valence-corrected chi connectivity index (χ3v) is 6.26. The number of anilines is 1. The third-order valence-electron chi connectivity index (χ3n) is 5.18. The van der Waals surface area contributed by atoms with Gasteiger partial charge in [0.15, 0.2) is 10.8 Å². The van der Waals surface area contributed by atoms with Crippen LogP contribution >= 0.6 is 27.3 Å². The standard InChI is InChI=1S/C26H22BrN3O3S.Na/c27-16-17-33-30-23(24(31)32)22-18-34-25(28-22)29-26(19-10-4-1-5-11-19,20-12-6-2-7-13-20)21-14-8-3-9-15-21;/h1-15,18H,16-17H2,(H,28,29)(H,31,32);/q;+1/p-1/b30-23-;. The van der Waals surface area contributed by atoms with E-state index in [2.05, 4.69) is 67.8 Å². The topological polar surface area (TPSA) is 86.6 Å². The Bertz CT molecular complexity index is 1160. The maximum atomic E-state index is 11.7. The first-order chi connectivity index (χ1) is 16.6. The van der Waals surface area contributed by atoms with Gasteiger partial charge in [0.25, 0.3) is 0 Å². The van der Waals surface area contributed by atoms with Crippen molar-refractivity contribution in [1.82, 2.24) is 4.98 Å². The molecule has 0 saturated heterocycles. The van der Waals surface area contributed by atoms with Gasteiger partial charge in [0, 0.05) is 10.7 Å². The number of carboxylic acids is 1. The van der Waals surface area contributed by atoms with Gasteiger partial charge in [0.2, 0.25) is 0 Å². The number of nitrogens with zero attached hydrogens (tertiary/aromatic N) is 2. The molecule has 172 valence electrons. The number of aromatic nitrogens is 1. The minimum absolute atomic E-state index is 0. The van der Waals surface area contributed by atoms with E-state index in [-0.39, 0.29) is 47.6 Å². The summed E-state index contributed by atoms with van der Waals surface area (Å²) in [5.41, 5.74) is 2.08. The second kappa shape index (κ2) is 13.0. The summed E-state index contributed by atoms with van der Waals surface area (Å²) in [5.74, 6) is -1.45. The number of hydrogen-bond donors (Lipinski definition) is 1. The molecular weight excluding hydrogens is 537 g/mol. The molecule has 0 aliphatic carbocycles. The van der Waals surface area contributed by atoms with Crippen LogP contribution in [0.5, 0.6) is 0 Å². The van der Waals surface area contributed by atoms with Crippen molar-refractivity contribution in [3.05, 3.63) is 119 Å². The van der Waals surface area contributed by atoms with E-state index in [0.717, 1.165) is 16.7 Å². The Morgan fingerprint density at radius 3 is 1.86 bits per heavy atom. The average molecular weight is 558 g/mol. The molecular formula is C26H21BrN3NaO3S. The molecule has 35 heavy (non-hydrogen) atoms. The number of thiazole rings is 1. The molecule has 0 saturated carbocycles. The number of rotatable bonds is 10. The number of alkyl halides is 1. The first-order valence-electron chi connectivity index (χ1n) is 10.5. The van der Waals surface area contributed by atoms with E-state index >= 15 is 0 Å². The molecule has 9 heteroatoms. The molecule has 6 nitrogen and oxygen atoms in total. The van der Waals surface area contributed by atoms with Crippen LogP contribution in [-0.4, -0.2) is 28.6 Å². The number of nitrogens with one attached hydrogen (secondary N) is 1. The van der Waals surface area contributed by atoms with E-state index in [9.17, 15) is 9.90 Å². The number of oxime groups is 1. The molecule has 0 unspecified atom stereocenters. The fourth-order valence-corrected chi connectivity index (χ4v) is 4.61. The number of halogens is 1. The van der Waals surface area contributed by atoms with Gasteiger partial charge in [0.05, 0.1) is 5.97 Å². The molecule has 0 aliphatic heterocycles. The molecule has 0 atom stereocenters. The van der Waals surface area contributed by atoms with E-state index < -0.39 is 11.5 Å². The summed E-state index contributed by atoms with van der Waals surface area (Å²) in [6, 6.07) is 30.2. The fourth-order valence-electron chi connectivity index (χ4n) is 3.71. The van der Waals surface area contributed by atoms with Gasteiger partial charge in [0.1, 0.15) is 17.8 Å². The van der Waals surface area contributed by atoms with Crippen LogP contribution in [0.3, 0.4) is 0 Å². The SMILES string of the molecule is O=C([O-])/C(=N\OCCBr)c1csc(NC(c2ccccc2)(c2ccccc2)c2ccccc2)n1.[Na+]. The second-order valence-corrected chi connectivity index (χ2v) is 8.91. The minimum atomic E-state index is -1.45. The normalized spacial score (nSPS) is 11.4. The maximum absolute atomic E-state index is 11.7. The monoisotopic (exact) mass is 557 g/mol. The summed E-state index contributed by atoms with van der Waals surface area (Å²) in [7, 11) is 0. The number of hydrogen-bond acceptors (Lipinski definition) is 7. The second-order valence-electron chi connectivity index (χ2n) is 7.26. The Morgan fingerprint density at radius 2 is 1.43 bits per heavy atom. The van der Waals surface area contributed by atoms with Crippen molar-refractivity contribution in [2.24, 2.45) is 5.16 Å². The molecule has 1 aromatic heterocycles. The van der Waals surface area contributed by atoms with Crippen molar-refractivity contribution in [2.75, 3.05) is 17.3 Å². The zero-order valence-corrected chi connectivity index (χ0v) is 23.5. The van der Waals surface area contributed by atoms with E-state index in [4.69, 9.17) is 4.84 Å². The van der Waals surface area contributed by atoms with Crippen LogP contribution in [0.1, 0.15) is 22.4 Å². The van der Waals surface area contributed by atoms with Gasteiger partial charge < -0.3 is 20.1 Å². The number of aliphatic carboxylic acids is 1. The Hall–Kier alpha value is -2.49. The predicted molar refractivity (Wildman–Crippen MR) is 136 cm³/mol. The van der Waals surface area contributed by atoms with Crippen molar-refractivity contribution < 1.29 is 44.3 Å². The molecule has 1 heterocycles. The van der Waals surface area contributed by atoms with Gasteiger partial charge in [-0.2, -0.15) is 0 Å². The molecule has 0 fully saturated rings. The number of carboxylic acid groups (broad SMARTS) is 1. The van der Waals surface area contributed by atoms with Gasteiger partial charge in [-0.05, 0) is 16.7 Å². The van der Waals surface area contributed by atoms with Gasteiger partial charge >= 0.3 is 29.6 Å². The molecule has 3 aromatic carbocycles. The fraction of sp³-hybridized carbons (Fsp3) is 0.115. The molecule has 0 bridgehead atoms. The van der Waals surface area contributed by atoms with E-state index in [1.807, 2.05) is 54.6 Å². The smallest absolute Gasteiger partial charge is 0.543 e. The van der Waals surface area contributed by atoms with Crippen molar-refractivity contribution >= 4 is 44.1 Å². The summed E-state index contributed by atoms with van der Waals surface area (Å²) in [4.78, 5) is 21.2. The van der Waals surface area contributed by atoms with Crippen molar-refractivity contribution in [3.8, 4) is 0 Å². The Labute approximate surface area is 238 Å². The molecule has 0 radical (unpaired) electrons. The average Bonchev–Trinajstić information content (AvgIpc) is 3.34. The van der Waals surface area contributed by atoms with E-state index in [0.29, 0.717) is 10.5 Å². The predicted octanol–water partition coefficient (Wildman–Crippen LogP) is 1.42. The van der Waals surface area contributed by atoms with Crippen LogP contribution in [0.25, 0.3) is 0 Å². The summed E-state index contributed by atoms with van der Waals surface area (Å²) in [6.45, 7) is 0.227. The van der Waals surface area contributed by atoms with Crippen LogP contribution in [0.15, 0.2) is 102 Å². The molecule has 0 aliphatic rings. The van der Waals surface area contributed by atoms with Gasteiger partial charge in [-0.3, -0.25) is 0 Å². The van der Waals surface area contributed by atoms with Crippen molar-refractivity contribution in [3.63, 3.8) is 0 Å². The minimum Gasteiger partial charge on any atom is -0.543 e.